The van der Waals surface area contributed by atoms with E-state index in [1.807, 2.05) is 19.9 Å². The van der Waals surface area contributed by atoms with Crippen LogP contribution in [-0.2, 0) is 17.6 Å². The summed E-state index contributed by atoms with van der Waals surface area (Å²) in [6.45, 7) is 12.4. The van der Waals surface area contributed by atoms with Crippen LogP contribution in [0.15, 0.2) is 18.2 Å². The lowest BCUT2D eigenvalue weighted by atomic mass is 9.92. The van der Waals surface area contributed by atoms with Gasteiger partial charge in [-0.3, -0.25) is 0 Å². The molecule has 1 N–H and O–H groups in total. The van der Waals surface area contributed by atoms with Crippen molar-refractivity contribution < 1.29 is 9.90 Å². The zero-order valence-electron chi connectivity index (χ0n) is 15.9. The van der Waals surface area contributed by atoms with Gasteiger partial charge in [0.1, 0.15) is 6.29 Å². The topological polar surface area (TPSA) is 37.3 Å². The van der Waals surface area contributed by atoms with Crippen LogP contribution < -0.4 is 0 Å². The number of benzene rings is 1. The molecule has 0 aliphatic heterocycles. The summed E-state index contributed by atoms with van der Waals surface area (Å²) >= 11 is 0. The number of hydrogen-bond acceptors (Lipinski definition) is 2. The molecule has 0 heterocycles. The second-order valence-electron chi connectivity index (χ2n) is 6.31. The van der Waals surface area contributed by atoms with E-state index in [2.05, 4.69) is 32.6 Å². The van der Waals surface area contributed by atoms with E-state index < -0.39 is 0 Å². The lowest BCUT2D eigenvalue weighted by Gasteiger charge is -2.13. The monoisotopic (exact) mass is 328 g/mol. The van der Waals surface area contributed by atoms with E-state index >= 15 is 0 Å². The van der Waals surface area contributed by atoms with Crippen molar-refractivity contribution >= 4 is 18.4 Å². The number of carbonyl (C=O) groups is 1. The van der Waals surface area contributed by atoms with Crippen LogP contribution in [0.4, 0.5) is 0 Å². The fraction of sp³-hybridized carbons (Fsp3) is 0.500. The summed E-state index contributed by atoms with van der Waals surface area (Å²) in [5.74, 6) is 0.966. The van der Waals surface area contributed by atoms with E-state index in [1.54, 1.807) is 0 Å². The Labute approximate surface area is 147 Å². The van der Waals surface area contributed by atoms with Gasteiger partial charge in [-0.05, 0) is 73.3 Å². The molecule has 132 valence electrons. The molecule has 0 bridgehead atoms. The van der Waals surface area contributed by atoms with Crippen molar-refractivity contribution in [2.24, 2.45) is 11.8 Å². The highest BCUT2D eigenvalue weighted by atomic mass is 16.2. The molecule has 1 aromatic rings. The Morgan fingerprint density at radius 1 is 1.25 bits per heavy atom. The van der Waals surface area contributed by atoms with Crippen molar-refractivity contribution in [1.29, 1.82) is 0 Å². The van der Waals surface area contributed by atoms with Gasteiger partial charge in [0.15, 0.2) is 0 Å². The Morgan fingerprint density at radius 3 is 2.38 bits per heavy atom. The number of aliphatic hydroxyl groups excluding tert-OH is 1. The largest absolute Gasteiger partial charge is 0.400 e. The van der Waals surface area contributed by atoms with Gasteiger partial charge in [0.05, 0.1) is 0 Å². The van der Waals surface area contributed by atoms with Crippen LogP contribution in [0, 0.1) is 18.8 Å². The first kappa shape index (κ1) is 20.4. The Morgan fingerprint density at radius 2 is 1.88 bits per heavy atom. The van der Waals surface area contributed by atoms with Gasteiger partial charge >= 0.3 is 0 Å². The molecular formula is C22H32O2. The molecule has 0 amide bonds. The van der Waals surface area contributed by atoms with Crippen molar-refractivity contribution in [3.05, 3.63) is 46.0 Å². The molecule has 0 spiro atoms. The third-order valence-electron chi connectivity index (χ3n) is 4.84. The minimum absolute atomic E-state index is 0.171. The van der Waals surface area contributed by atoms with Gasteiger partial charge in [-0.25, -0.2) is 0 Å². The molecular weight excluding hydrogens is 296 g/mol. The first-order chi connectivity index (χ1) is 11.6. The van der Waals surface area contributed by atoms with E-state index in [0.29, 0.717) is 0 Å². The van der Waals surface area contributed by atoms with Gasteiger partial charge in [-0.15, -0.1) is 0 Å². The molecule has 2 aliphatic carbocycles. The normalized spacial score (nSPS) is 18.6. The molecule has 1 atom stereocenters. The number of aliphatic hydroxyl groups is 1. The predicted molar refractivity (Wildman–Crippen MR) is 104 cm³/mol. The SMILES string of the molecule is C=Cc1cc2c(c(C)c1/C=C(\C)C1CC1)CC(C=O)C2.CC.CO. The second-order valence-corrected chi connectivity index (χ2v) is 6.31. The lowest BCUT2D eigenvalue weighted by Crippen LogP contribution is -1.99. The molecule has 1 aromatic carbocycles. The Bertz CT molecular complexity index is 607. The van der Waals surface area contributed by atoms with Gasteiger partial charge in [-0.2, -0.15) is 0 Å². The van der Waals surface area contributed by atoms with E-state index in [0.717, 1.165) is 32.2 Å². The molecule has 1 saturated carbocycles. The first-order valence-corrected chi connectivity index (χ1v) is 9.00. The maximum absolute atomic E-state index is 11.1. The minimum atomic E-state index is 0.171. The second kappa shape index (κ2) is 9.58. The molecule has 3 rings (SSSR count). The van der Waals surface area contributed by atoms with Crippen molar-refractivity contribution in [1.82, 2.24) is 0 Å². The molecule has 0 aromatic heterocycles. The number of aldehydes is 1. The van der Waals surface area contributed by atoms with Crippen LogP contribution in [0.5, 0.6) is 0 Å². The quantitative estimate of drug-likeness (QED) is 0.790. The number of fused-ring (bicyclic) bond motifs is 1. The fourth-order valence-corrected chi connectivity index (χ4v) is 3.40. The molecule has 1 fully saturated rings. The summed E-state index contributed by atoms with van der Waals surface area (Å²) in [7, 11) is 1.00. The summed E-state index contributed by atoms with van der Waals surface area (Å²) in [6.07, 6.45) is 9.88. The maximum Gasteiger partial charge on any atom is 0.123 e. The third-order valence-corrected chi connectivity index (χ3v) is 4.84. The third kappa shape index (κ3) is 4.45. The summed E-state index contributed by atoms with van der Waals surface area (Å²) in [4.78, 5) is 11.1. The first-order valence-electron chi connectivity index (χ1n) is 9.00. The summed E-state index contributed by atoms with van der Waals surface area (Å²) in [6, 6.07) is 2.24. The number of hydrogen-bond donors (Lipinski definition) is 1. The van der Waals surface area contributed by atoms with Crippen LogP contribution in [0.25, 0.3) is 12.2 Å². The molecule has 0 saturated heterocycles. The zero-order chi connectivity index (χ0) is 18.3. The zero-order valence-corrected chi connectivity index (χ0v) is 15.9. The minimum Gasteiger partial charge on any atom is -0.400 e. The maximum atomic E-state index is 11.1. The highest BCUT2D eigenvalue weighted by Crippen LogP contribution is 2.39. The average Bonchev–Trinajstić information content (AvgIpc) is 3.40. The van der Waals surface area contributed by atoms with Gasteiger partial charge < -0.3 is 9.90 Å². The number of allylic oxidation sites excluding steroid dienone is 1. The molecule has 1 unspecified atom stereocenters. The number of carbonyl (C=O) groups excluding carboxylic acids is 1. The summed E-state index contributed by atoms with van der Waals surface area (Å²) in [5, 5.41) is 7.00. The molecule has 0 radical (unpaired) electrons. The van der Waals surface area contributed by atoms with Crippen LogP contribution in [0.3, 0.4) is 0 Å². The smallest absolute Gasteiger partial charge is 0.123 e. The van der Waals surface area contributed by atoms with Gasteiger partial charge in [0.2, 0.25) is 0 Å². The number of rotatable bonds is 4. The van der Waals surface area contributed by atoms with Crippen molar-refractivity contribution in [3.8, 4) is 0 Å². The van der Waals surface area contributed by atoms with Crippen LogP contribution in [0.1, 0.15) is 61.4 Å². The fourth-order valence-electron chi connectivity index (χ4n) is 3.40. The lowest BCUT2D eigenvalue weighted by molar-refractivity contribution is -0.110. The van der Waals surface area contributed by atoms with Crippen LogP contribution >= 0.6 is 0 Å². The summed E-state index contributed by atoms with van der Waals surface area (Å²) < 4.78 is 0. The van der Waals surface area contributed by atoms with Gasteiger partial charge in [0.25, 0.3) is 0 Å². The van der Waals surface area contributed by atoms with Crippen molar-refractivity contribution in [2.75, 3.05) is 7.11 Å². The van der Waals surface area contributed by atoms with Gasteiger partial charge in [-0.1, -0.05) is 44.2 Å². The highest BCUT2D eigenvalue weighted by Gasteiger charge is 2.26. The molecule has 24 heavy (non-hydrogen) atoms. The Kier molecular flexibility index (Phi) is 8.14. The van der Waals surface area contributed by atoms with Gasteiger partial charge in [0, 0.05) is 13.0 Å². The van der Waals surface area contributed by atoms with E-state index in [9.17, 15) is 4.79 Å². The summed E-state index contributed by atoms with van der Waals surface area (Å²) in [5.41, 5.74) is 8.10. The Hall–Kier alpha value is -1.67. The average molecular weight is 328 g/mol. The van der Waals surface area contributed by atoms with Crippen molar-refractivity contribution in [3.63, 3.8) is 0 Å². The standard InChI is InChI=1S/C19H22O.C2H6.CH4O/c1-4-15-10-17-8-14(11-20)9-19(17)13(3)18(15)7-12(2)16-5-6-16;2*1-2/h4,7,10-11,14,16H,1,5-6,8-9H2,2-3H3;1-2H3;2H,1H3/b12-7+;;. The molecule has 2 aliphatic rings. The molecule has 2 nitrogen and oxygen atoms in total. The highest BCUT2D eigenvalue weighted by molar-refractivity contribution is 5.72. The van der Waals surface area contributed by atoms with Crippen LogP contribution in [-0.4, -0.2) is 18.5 Å². The van der Waals surface area contributed by atoms with E-state index in [-0.39, 0.29) is 5.92 Å². The van der Waals surface area contributed by atoms with Crippen molar-refractivity contribution in [2.45, 2.75) is 53.4 Å². The molecule has 2 heteroatoms. The predicted octanol–water partition coefficient (Wildman–Crippen LogP) is 5.00. The van der Waals surface area contributed by atoms with Crippen LogP contribution in [0.2, 0.25) is 0 Å². The Balaban J connectivity index is 0.000000671. The van der Waals surface area contributed by atoms with E-state index in [4.69, 9.17) is 5.11 Å². The van der Waals surface area contributed by atoms with E-state index in [1.165, 1.54) is 46.2 Å².